The third-order valence-electron chi connectivity index (χ3n) is 6.53. The Morgan fingerprint density at radius 3 is 2.71 bits per heavy atom. The predicted molar refractivity (Wildman–Crippen MR) is 104 cm³/mol. The quantitative estimate of drug-likeness (QED) is 0.841. The first kappa shape index (κ1) is 18.7. The fourth-order valence-corrected chi connectivity index (χ4v) is 4.49. The molecule has 2 N–H and O–H groups in total. The van der Waals surface area contributed by atoms with Crippen LogP contribution in [0.5, 0.6) is 0 Å². The highest BCUT2D eigenvalue weighted by Gasteiger charge is 2.52. The van der Waals surface area contributed by atoms with E-state index in [1.807, 2.05) is 31.2 Å². The number of hydrogen-bond donors (Lipinski definition) is 2. The second-order valence-corrected chi connectivity index (χ2v) is 8.41. The number of hydrogen-bond acceptors (Lipinski definition) is 4. The van der Waals surface area contributed by atoms with Crippen LogP contribution in [0.15, 0.2) is 24.3 Å². The zero-order valence-corrected chi connectivity index (χ0v) is 16.1. The molecule has 2 unspecified atom stereocenters. The number of carboxylic acids is 1. The normalized spacial score (nSPS) is 25.7. The van der Waals surface area contributed by atoms with Crippen molar-refractivity contribution in [2.45, 2.75) is 38.6 Å². The molecule has 6 heteroatoms. The molecule has 2 aliphatic heterocycles. The Labute approximate surface area is 164 Å². The van der Waals surface area contributed by atoms with Crippen molar-refractivity contribution in [3.63, 3.8) is 0 Å². The molecule has 0 radical (unpaired) electrons. The third-order valence-corrected chi connectivity index (χ3v) is 6.53. The maximum atomic E-state index is 13.0. The van der Waals surface area contributed by atoms with Gasteiger partial charge in [-0.25, -0.2) is 0 Å². The highest BCUT2D eigenvalue weighted by atomic mass is 16.4. The predicted octanol–water partition coefficient (Wildman–Crippen LogP) is 2.33. The number of benzene rings is 1. The van der Waals surface area contributed by atoms with Crippen molar-refractivity contribution in [1.29, 1.82) is 5.26 Å². The Kier molecular flexibility index (Phi) is 4.72. The van der Waals surface area contributed by atoms with Crippen molar-refractivity contribution in [1.82, 2.24) is 10.2 Å². The molecule has 1 amide bonds. The lowest BCUT2D eigenvalue weighted by Gasteiger charge is -2.38. The fraction of sp³-hybridized carbons (Fsp3) is 0.500. The van der Waals surface area contributed by atoms with E-state index in [9.17, 15) is 14.7 Å². The summed E-state index contributed by atoms with van der Waals surface area (Å²) in [7, 11) is 0. The monoisotopic (exact) mass is 379 g/mol. The minimum Gasteiger partial charge on any atom is -0.481 e. The first-order valence-corrected chi connectivity index (χ1v) is 9.88. The van der Waals surface area contributed by atoms with Crippen molar-refractivity contribution in [2.24, 2.45) is 11.3 Å². The highest BCUT2D eigenvalue weighted by Crippen LogP contribution is 2.52. The Bertz CT molecular complexity index is 895. The van der Waals surface area contributed by atoms with Crippen molar-refractivity contribution < 1.29 is 14.7 Å². The van der Waals surface area contributed by atoms with E-state index >= 15 is 0 Å². The molecular formula is C22H25N3O3. The molecule has 0 bridgehead atoms. The highest BCUT2D eigenvalue weighted by molar-refractivity contribution is 5.88. The number of carbonyl (C=O) groups is 2. The van der Waals surface area contributed by atoms with Crippen LogP contribution < -0.4 is 5.32 Å². The van der Waals surface area contributed by atoms with Gasteiger partial charge in [-0.05, 0) is 60.8 Å². The van der Waals surface area contributed by atoms with Gasteiger partial charge in [-0.3, -0.25) is 9.59 Å². The summed E-state index contributed by atoms with van der Waals surface area (Å²) in [4.78, 5) is 26.5. The summed E-state index contributed by atoms with van der Waals surface area (Å²) in [5.74, 6) is -1.62. The molecule has 1 aromatic rings. The summed E-state index contributed by atoms with van der Waals surface area (Å²) in [6.07, 6.45) is 5.49. The van der Waals surface area contributed by atoms with E-state index in [0.717, 1.165) is 36.9 Å². The van der Waals surface area contributed by atoms with Crippen LogP contribution in [0.1, 0.15) is 42.4 Å². The van der Waals surface area contributed by atoms with E-state index in [0.29, 0.717) is 25.1 Å². The summed E-state index contributed by atoms with van der Waals surface area (Å²) < 4.78 is 0. The van der Waals surface area contributed by atoms with Crippen LogP contribution in [-0.4, -0.2) is 47.6 Å². The molecule has 1 saturated carbocycles. The standard InChI is InChI=1S/C22H25N3O3/c1-14-10-16(2-3-17(14)12-23)15-4-8-25(9-5-15)20(26)19-18(21(27)28)11-22(6-7-22)13-24-19/h2-4,10,18-19,24H,5-9,11,13H2,1H3,(H,27,28). The van der Waals surface area contributed by atoms with E-state index in [2.05, 4.69) is 11.4 Å². The van der Waals surface area contributed by atoms with E-state index in [-0.39, 0.29) is 11.3 Å². The lowest BCUT2D eigenvalue weighted by molar-refractivity contribution is -0.150. The van der Waals surface area contributed by atoms with Crippen molar-refractivity contribution in [3.05, 3.63) is 41.0 Å². The number of nitriles is 1. The number of aryl methyl sites for hydroxylation is 1. The maximum absolute atomic E-state index is 13.0. The average Bonchev–Trinajstić information content (AvgIpc) is 3.46. The molecule has 6 nitrogen and oxygen atoms in total. The van der Waals surface area contributed by atoms with Crippen molar-refractivity contribution in [2.75, 3.05) is 19.6 Å². The Morgan fingerprint density at radius 1 is 1.36 bits per heavy atom. The second-order valence-electron chi connectivity index (χ2n) is 8.41. The zero-order valence-electron chi connectivity index (χ0n) is 16.1. The van der Waals surface area contributed by atoms with Crippen LogP contribution in [-0.2, 0) is 9.59 Å². The molecule has 3 aliphatic rings. The summed E-state index contributed by atoms with van der Waals surface area (Å²) >= 11 is 0. The summed E-state index contributed by atoms with van der Waals surface area (Å²) in [5, 5.41) is 21.9. The second kappa shape index (κ2) is 7.06. The summed E-state index contributed by atoms with van der Waals surface area (Å²) in [6.45, 7) is 3.74. The van der Waals surface area contributed by atoms with E-state index in [4.69, 9.17) is 5.26 Å². The molecule has 2 fully saturated rings. The molecule has 146 valence electrons. The molecule has 28 heavy (non-hydrogen) atoms. The molecule has 1 spiro atoms. The molecule has 1 aliphatic carbocycles. The topological polar surface area (TPSA) is 93.4 Å². The van der Waals surface area contributed by atoms with Gasteiger partial charge in [0, 0.05) is 19.6 Å². The number of nitrogens with zero attached hydrogens (tertiary/aromatic N) is 2. The summed E-state index contributed by atoms with van der Waals surface area (Å²) in [5.41, 5.74) is 3.98. The van der Waals surface area contributed by atoms with Gasteiger partial charge < -0.3 is 15.3 Å². The molecule has 1 saturated heterocycles. The number of nitrogens with one attached hydrogen (secondary N) is 1. The molecule has 2 heterocycles. The first-order valence-electron chi connectivity index (χ1n) is 9.88. The number of rotatable bonds is 3. The largest absolute Gasteiger partial charge is 0.481 e. The zero-order chi connectivity index (χ0) is 19.9. The molecular weight excluding hydrogens is 354 g/mol. The average molecular weight is 379 g/mol. The lowest BCUT2D eigenvalue weighted by atomic mass is 9.81. The lowest BCUT2D eigenvalue weighted by Crippen LogP contribution is -2.57. The molecule has 1 aromatic carbocycles. The van der Waals surface area contributed by atoms with Gasteiger partial charge in [0.1, 0.15) is 6.04 Å². The summed E-state index contributed by atoms with van der Waals surface area (Å²) in [6, 6.07) is 7.35. The minimum atomic E-state index is -0.877. The van der Waals surface area contributed by atoms with Gasteiger partial charge in [0.15, 0.2) is 0 Å². The van der Waals surface area contributed by atoms with Gasteiger partial charge in [-0.1, -0.05) is 18.2 Å². The Morgan fingerprint density at radius 2 is 2.14 bits per heavy atom. The molecule has 4 rings (SSSR count). The van der Waals surface area contributed by atoms with Crippen LogP contribution in [0.3, 0.4) is 0 Å². The Balaban J connectivity index is 1.45. The van der Waals surface area contributed by atoms with Crippen LogP contribution in [0.2, 0.25) is 0 Å². The van der Waals surface area contributed by atoms with Crippen molar-refractivity contribution >= 4 is 17.4 Å². The fourth-order valence-electron chi connectivity index (χ4n) is 4.49. The van der Waals surface area contributed by atoms with E-state index in [1.165, 1.54) is 5.57 Å². The van der Waals surface area contributed by atoms with Gasteiger partial charge in [-0.15, -0.1) is 0 Å². The minimum absolute atomic E-state index is 0.103. The van der Waals surface area contributed by atoms with Gasteiger partial charge >= 0.3 is 5.97 Å². The number of amides is 1. The first-order chi connectivity index (χ1) is 13.4. The Hall–Kier alpha value is -2.65. The van der Waals surface area contributed by atoms with Crippen LogP contribution in [0.4, 0.5) is 0 Å². The smallest absolute Gasteiger partial charge is 0.308 e. The maximum Gasteiger partial charge on any atom is 0.308 e. The van der Waals surface area contributed by atoms with E-state index in [1.54, 1.807) is 4.90 Å². The number of aliphatic carboxylic acids is 1. The van der Waals surface area contributed by atoms with Crippen LogP contribution in [0.25, 0.3) is 5.57 Å². The van der Waals surface area contributed by atoms with Gasteiger partial charge in [-0.2, -0.15) is 5.26 Å². The van der Waals surface area contributed by atoms with Crippen LogP contribution in [0, 0.1) is 29.6 Å². The van der Waals surface area contributed by atoms with E-state index < -0.39 is 17.9 Å². The van der Waals surface area contributed by atoms with Crippen molar-refractivity contribution in [3.8, 4) is 6.07 Å². The third kappa shape index (κ3) is 3.43. The number of carboxylic acid groups (broad SMARTS) is 1. The van der Waals surface area contributed by atoms with Crippen LogP contribution >= 0.6 is 0 Å². The SMILES string of the molecule is Cc1cc(C2=CCN(C(=O)C3NCC4(CC4)CC3C(=O)O)CC2)ccc1C#N. The molecule has 0 aromatic heterocycles. The number of piperidine rings is 1. The molecule has 2 atom stereocenters. The van der Waals surface area contributed by atoms with Gasteiger partial charge in [0.05, 0.1) is 17.6 Å². The van der Waals surface area contributed by atoms with Gasteiger partial charge in [0.25, 0.3) is 0 Å². The van der Waals surface area contributed by atoms with Gasteiger partial charge in [0.2, 0.25) is 5.91 Å². The number of carbonyl (C=O) groups excluding carboxylic acids is 1.